The van der Waals surface area contributed by atoms with Crippen LogP contribution >= 0.6 is 11.6 Å². The Labute approximate surface area is 212 Å². The van der Waals surface area contributed by atoms with E-state index in [1.165, 1.54) is 0 Å². The summed E-state index contributed by atoms with van der Waals surface area (Å²) in [6, 6.07) is 32.6. The number of carbonyl (C=O) groups excluding carboxylic acids is 1. The predicted octanol–water partition coefficient (Wildman–Crippen LogP) is 6.05. The van der Waals surface area contributed by atoms with Gasteiger partial charge >= 0.3 is 0 Å². The summed E-state index contributed by atoms with van der Waals surface area (Å²) >= 11 is 6.51. The molecule has 1 spiro atoms. The number of halogens is 1. The van der Waals surface area contributed by atoms with Crippen molar-refractivity contribution < 1.29 is 9.53 Å². The van der Waals surface area contributed by atoms with Crippen molar-refractivity contribution in [1.82, 2.24) is 9.55 Å². The van der Waals surface area contributed by atoms with Crippen LogP contribution in [0.1, 0.15) is 16.7 Å². The van der Waals surface area contributed by atoms with Gasteiger partial charge in [0.2, 0.25) is 11.8 Å². The Morgan fingerprint density at radius 2 is 1.58 bits per heavy atom. The monoisotopic (exact) mass is 490 g/mol. The van der Waals surface area contributed by atoms with Crippen molar-refractivity contribution in [2.45, 2.75) is 12.3 Å². The van der Waals surface area contributed by atoms with Gasteiger partial charge in [0.25, 0.3) is 11.6 Å². The van der Waals surface area contributed by atoms with Gasteiger partial charge in [0.1, 0.15) is 0 Å². The van der Waals surface area contributed by atoms with Gasteiger partial charge in [-0.2, -0.15) is 4.99 Å². The highest BCUT2D eigenvalue weighted by Gasteiger charge is 2.59. The summed E-state index contributed by atoms with van der Waals surface area (Å²) in [7, 11) is 0. The largest absolute Gasteiger partial charge is 0.436 e. The van der Waals surface area contributed by atoms with Gasteiger partial charge in [0.15, 0.2) is 0 Å². The van der Waals surface area contributed by atoms with Crippen molar-refractivity contribution in [3.63, 3.8) is 0 Å². The molecule has 2 aliphatic heterocycles. The van der Waals surface area contributed by atoms with E-state index < -0.39 is 5.72 Å². The minimum Gasteiger partial charge on any atom is -0.436 e. The molecule has 5 aromatic rings. The second-order valence-corrected chi connectivity index (χ2v) is 9.24. The van der Waals surface area contributed by atoms with Gasteiger partial charge in [-0.15, -0.1) is 0 Å². The zero-order valence-corrected chi connectivity index (χ0v) is 19.8. The Balaban J connectivity index is 1.51. The number of hydrogen-bond donors (Lipinski definition) is 0. The minimum atomic E-state index is -1.55. The first-order chi connectivity index (χ1) is 17.6. The van der Waals surface area contributed by atoms with Crippen molar-refractivity contribution in [3.05, 3.63) is 125 Å². The molecule has 1 amide bonds. The molecule has 7 rings (SSSR count). The van der Waals surface area contributed by atoms with Crippen molar-refractivity contribution in [1.29, 1.82) is 0 Å². The number of aromatic nitrogens is 2. The number of imidazole rings is 1. The average Bonchev–Trinajstić information content (AvgIpc) is 3.40. The van der Waals surface area contributed by atoms with E-state index in [0.29, 0.717) is 29.0 Å². The first-order valence-corrected chi connectivity index (χ1v) is 12.0. The van der Waals surface area contributed by atoms with Crippen molar-refractivity contribution in [3.8, 4) is 0 Å². The van der Waals surface area contributed by atoms with Gasteiger partial charge in [-0.3, -0.25) is 9.36 Å². The maximum atomic E-state index is 14.6. The summed E-state index contributed by atoms with van der Waals surface area (Å²) in [5.41, 5.74) is 3.10. The lowest BCUT2D eigenvalue weighted by molar-refractivity contribution is -0.137. The molecule has 1 atom stereocenters. The quantitative estimate of drug-likeness (QED) is 0.309. The molecule has 4 aromatic carbocycles. The Kier molecular flexibility index (Phi) is 4.53. The molecule has 0 aliphatic carbocycles. The normalized spacial score (nSPS) is 18.2. The summed E-state index contributed by atoms with van der Waals surface area (Å²) in [5.74, 6) is 0.512. The fraction of sp³-hybridized carbons (Fsp3) is 0.0690. The molecule has 3 heterocycles. The lowest BCUT2D eigenvalue weighted by atomic mass is 10.0. The van der Waals surface area contributed by atoms with Crippen molar-refractivity contribution in [2.75, 3.05) is 4.90 Å². The van der Waals surface area contributed by atoms with Gasteiger partial charge in [-0.05, 0) is 48.0 Å². The highest BCUT2D eigenvalue weighted by Crippen LogP contribution is 2.50. The van der Waals surface area contributed by atoms with Crippen LogP contribution in [0, 0.1) is 0 Å². The van der Waals surface area contributed by atoms with E-state index >= 15 is 0 Å². The molecule has 2 aliphatic rings. The molecular weight excluding hydrogens is 472 g/mol. The van der Waals surface area contributed by atoms with Crippen LogP contribution < -0.4 is 4.90 Å². The first-order valence-electron chi connectivity index (χ1n) is 11.6. The Morgan fingerprint density at radius 1 is 0.861 bits per heavy atom. The average molecular weight is 491 g/mol. The summed E-state index contributed by atoms with van der Waals surface area (Å²) in [6.45, 7) is 0.388. The Bertz CT molecular complexity index is 1680. The van der Waals surface area contributed by atoms with E-state index in [4.69, 9.17) is 26.3 Å². The third-order valence-corrected chi connectivity index (χ3v) is 6.89. The molecule has 0 unspecified atom stereocenters. The highest BCUT2D eigenvalue weighted by molar-refractivity contribution is 6.31. The Morgan fingerprint density at radius 3 is 2.39 bits per heavy atom. The second-order valence-electron chi connectivity index (χ2n) is 8.80. The van der Waals surface area contributed by atoms with Crippen molar-refractivity contribution >= 4 is 46.1 Å². The summed E-state index contributed by atoms with van der Waals surface area (Å²) in [6.07, 6.45) is 0. The maximum Gasteiger partial charge on any atom is 0.299 e. The van der Waals surface area contributed by atoms with Gasteiger partial charge in [-0.1, -0.05) is 72.3 Å². The lowest BCUT2D eigenvalue weighted by Gasteiger charge is -2.35. The molecule has 7 heteroatoms. The van der Waals surface area contributed by atoms with Gasteiger partial charge in [0, 0.05) is 10.6 Å². The topological polar surface area (TPSA) is 59.7 Å². The van der Waals surface area contributed by atoms with Crippen molar-refractivity contribution in [2.24, 2.45) is 4.99 Å². The van der Waals surface area contributed by atoms with E-state index in [1.807, 2.05) is 97.1 Å². The number of anilines is 1. The third kappa shape index (κ3) is 2.94. The zero-order valence-electron chi connectivity index (χ0n) is 19.0. The number of hydrogen-bond acceptors (Lipinski definition) is 4. The Hall–Kier alpha value is -4.42. The molecule has 0 saturated heterocycles. The highest BCUT2D eigenvalue weighted by atomic mass is 35.5. The zero-order chi connectivity index (χ0) is 24.3. The molecule has 36 heavy (non-hydrogen) atoms. The number of rotatable bonds is 3. The number of benzene rings is 4. The summed E-state index contributed by atoms with van der Waals surface area (Å²) in [4.78, 5) is 25.9. The number of nitrogens with zero attached hydrogens (tertiary/aromatic N) is 4. The molecule has 0 fully saturated rings. The third-order valence-electron chi connectivity index (χ3n) is 6.66. The van der Waals surface area contributed by atoms with Gasteiger partial charge < -0.3 is 9.64 Å². The summed E-state index contributed by atoms with van der Waals surface area (Å²) in [5, 5.41) is 0.515. The maximum absolute atomic E-state index is 14.6. The molecule has 174 valence electrons. The molecular formula is C29H19ClN4O2. The summed E-state index contributed by atoms with van der Waals surface area (Å²) < 4.78 is 8.50. The van der Waals surface area contributed by atoms with Crippen LogP contribution in [0.25, 0.3) is 11.0 Å². The van der Waals surface area contributed by atoms with E-state index in [0.717, 1.165) is 27.8 Å². The van der Waals surface area contributed by atoms with E-state index in [9.17, 15) is 4.79 Å². The number of para-hydroxylation sites is 2. The van der Waals surface area contributed by atoms with Crippen LogP contribution in [0.4, 0.5) is 11.6 Å². The van der Waals surface area contributed by atoms with Crippen LogP contribution in [0.5, 0.6) is 0 Å². The van der Waals surface area contributed by atoms with E-state index in [-0.39, 0.29) is 5.91 Å². The smallest absolute Gasteiger partial charge is 0.299 e. The predicted molar refractivity (Wildman–Crippen MR) is 140 cm³/mol. The van der Waals surface area contributed by atoms with Crippen LogP contribution in [-0.4, -0.2) is 21.4 Å². The van der Waals surface area contributed by atoms with Crippen LogP contribution in [0.2, 0.25) is 5.02 Å². The number of ether oxygens (including phenoxy) is 1. The second kappa shape index (κ2) is 7.80. The molecule has 1 aromatic heterocycles. The van der Waals surface area contributed by atoms with E-state index in [2.05, 4.69) is 0 Å². The number of carbonyl (C=O) groups is 1. The molecule has 0 N–H and O–H groups in total. The molecule has 0 radical (unpaired) electrons. The van der Waals surface area contributed by atoms with Gasteiger partial charge in [0.05, 0.1) is 28.8 Å². The van der Waals surface area contributed by atoms with E-state index in [1.54, 1.807) is 15.5 Å². The lowest BCUT2D eigenvalue weighted by Crippen LogP contribution is -2.50. The fourth-order valence-electron chi connectivity index (χ4n) is 5.06. The SMILES string of the molecule is O=C1N(Cc2ccccc2)c2ccc(Cl)cc2[C@@]12OC(c1ccccc1)=Nc1nc3ccccc3n12. The molecule has 0 bridgehead atoms. The first kappa shape index (κ1) is 20.9. The van der Waals surface area contributed by atoms with Crippen LogP contribution in [0.3, 0.4) is 0 Å². The fourth-order valence-corrected chi connectivity index (χ4v) is 5.23. The standard InChI is InChI=1S/C29H19ClN4O2/c30-21-15-16-24-22(17-21)29(27(35)33(24)18-19-9-3-1-4-10-19)34-25-14-8-7-13-23(25)31-28(34)32-26(36-29)20-11-5-2-6-12-20/h1-17H,18H2/t29-/m1/s1. The van der Waals surface area contributed by atoms with Crippen LogP contribution in [0.15, 0.2) is 108 Å². The minimum absolute atomic E-state index is 0.226. The van der Waals surface area contributed by atoms with Gasteiger partial charge in [-0.25, -0.2) is 4.98 Å². The number of amides is 1. The van der Waals surface area contributed by atoms with Crippen LogP contribution in [-0.2, 0) is 21.8 Å². The number of fused-ring (bicyclic) bond motifs is 6. The molecule has 6 nitrogen and oxygen atoms in total. The molecule has 0 saturated carbocycles. The number of aliphatic imine (C=N–C) groups is 1.